The van der Waals surface area contributed by atoms with Crippen LogP contribution in [0.1, 0.15) is 0 Å². The Kier molecular flexibility index (Phi) is 7.03. The van der Waals surface area contributed by atoms with Crippen molar-refractivity contribution in [1.82, 2.24) is 24.1 Å². The van der Waals surface area contributed by atoms with E-state index in [1.54, 1.807) is 11.3 Å². The summed E-state index contributed by atoms with van der Waals surface area (Å²) in [6, 6.07) is 66.8. The van der Waals surface area contributed by atoms with Gasteiger partial charge < -0.3 is 9.13 Å². The van der Waals surface area contributed by atoms with E-state index in [-0.39, 0.29) is 0 Å². The minimum Gasteiger partial charge on any atom is -0.309 e. The third-order valence-electron chi connectivity index (χ3n) is 11.2. The van der Waals surface area contributed by atoms with E-state index in [1.807, 2.05) is 18.2 Å². The van der Waals surface area contributed by atoms with Crippen molar-refractivity contribution in [3.8, 4) is 45.5 Å². The number of hydrogen-bond acceptors (Lipinski definition) is 4. The van der Waals surface area contributed by atoms with E-state index in [1.165, 1.54) is 52.8 Å². The van der Waals surface area contributed by atoms with Gasteiger partial charge in [-0.1, -0.05) is 127 Å². The molecule has 0 radical (unpaired) electrons. The van der Waals surface area contributed by atoms with Crippen LogP contribution < -0.4 is 0 Å². The summed E-state index contributed by atoms with van der Waals surface area (Å²) in [4.78, 5) is 15.3. The molecule has 0 amide bonds. The van der Waals surface area contributed by atoms with Gasteiger partial charge in [0.2, 0.25) is 0 Å². The van der Waals surface area contributed by atoms with E-state index in [4.69, 9.17) is 15.0 Å². The Morgan fingerprint density at radius 2 is 0.789 bits per heavy atom. The van der Waals surface area contributed by atoms with Crippen LogP contribution in [-0.4, -0.2) is 24.1 Å². The SMILES string of the molecule is c1ccc(-c2nc(-c3cccc(-n4c5ccccc5c5cc(-n6c7ccccc7c7ccccc76)ccc54)c3)nc(-c3ccc4c(c3)sc3ccccc34)n2)cc1. The molecule has 0 fully saturated rings. The van der Waals surface area contributed by atoms with Crippen LogP contribution in [0.25, 0.3) is 109 Å². The number of thiophene rings is 1. The summed E-state index contributed by atoms with van der Waals surface area (Å²) in [5, 5.41) is 7.43. The average molecular weight is 746 g/mol. The fourth-order valence-corrected chi connectivity index (χ4v) is 9.72. The van der Waals surface area contributed by atoms with Gasteiger partial charge in [-0.05, 0) is 60.7 Å². The quantitative estimate of drug-likeness (QED) is 0.176. The second-order valence-corrected chi connectivity index (χ2v) is 15.5. The molecule has 0 aliphatic rings. The molecule has 8 aromatic carbocycles. The Morgan fingerprint density at radius 1 is 0.298 bits per heavy atom. The smallest absolute Gasteiger partial charge is 0.164 e. The molecule has 12 rings (SSSR count). The molecule has 0 aliphatic carbocycles. The number of para-hydroxylation sites is 3. The molecular weight excluding hydrogens is 715 g/mol. The number of hydrogen-bond donors (Lipinski definition) is 0. The van der Waals surface area contributed by atoms with Gasteiger partial charge in [-0.15, -0.1) is 11.3 Å². The lowest BCUT2D eigenvalue weighted by Crippen LogP contribution is -2.01. The van der Waals surface area contributed by atoms with Crippen LogP contribution in [0.3, 0.4) is 0 Å². The molecule has 57 heavy (non-hydrogen) atoms. The largest absolute Gasteiger partial charge is 0.309 e. The van der Waals surface area contributed by atoms with Crippen LogP contribution in [-0.2, 0) is 0 Å². The van der Waals surface area contributed by atoms with Gasteiger partial charge in [0.1, 0.15) is 0 Å². The first-order valence-corrected chi connectivity index (χ1v) is 19.9. The van der Waals surface area contributed by atoms with Crippen LogP contribution in [0.15, 0.2) is 188 Å². The van der Waals surface area contributed by atoms with E-state index < -0.39 is 0 Å². The van der Waals surface area contributed by atoms with E-state index in [0.29, 0.717) is 17.5 Å². The van der Waals surface area contributed by atoms with Crippen molar-refractivity contribution >= 4 is 75.1 Å². The Hall–Kier alpha value is -7.41. The summed E-state index contributed by atoms with van der Waals surface area (Å²) in [5.41, 5.74) is 9.68. The van der Waals surface area contributed by atoms with Gasteiger partial charge in [-0.25, -0.2) is 15.0 Å². The molecule has 0 saturated heterocycles. The standard InChI is InChI=1S/C51H31N5S/c1-2-13-32(14-3-1)49-52-50(54-51(53-49)34-25-27-41-40-20-7-11-24-47(40)57-48(41)30-34)33-15-12-16-35(29-33)55-45-23-10-6-19-39(45)42-31-36(26-28-46(42)55)56-43-21-8-4-17-37(43)38-18-5-9-22-44(38)56/h1-31H. The molecule has 0 saturated carbocycles. The van der Waals surface area contributed by atoms with Crippen LogP contribution in [0.2, 0.25) is 0 Å². The Labute approximate surface area is 331 Å². The fourth-order valence-electron chi connectivity index (χ4n) is 8.58. The van der Waals surface area contributed by atoms with Gasteiger partial charge in [0, 0.05) is 69.8 Å². The van der Waals surface area contributed by atoms with Crippen LogP contribution in [0.4, 0.5) is 0 Å². The van der Waals surface area contributed by atoms with Crippen LogP contribution in [0, 0.1) is 0 Å². The molecule has 12 aromatic rings. The maximum atomic E-state index is 5.17. The zero-order valence-corrected chi connectivity index (χ0v) is 31.4. The zero-order chi connectivity index (χ0) is 37.5. The summed E-state index contributed by atoms with van der Waals surface area (Å²) < 4.78 is 7.24. The van der Waals surface area contributed by atoms with Crippen LogP contribution in [0.5, 0.6) is 0 Å². The summed E-state index contributed by atoms with van der Waals surface area (Å²) in [6.45, 7) is 0. The molecule has 0 bridgehead atoms. The Morgan fingerprint density at radius 3 is 1.47 bits per heavy atom. The highest BCUT2D eigenvalue weighted by atomic mass is 32.1. The monoisotopic (exact) mass is 745 g/mol. The summed E-state index contributed by atoms with van der Waals surface area (Å²) in [6.07, 6.45) is 0. The highest BCUT2D eigenvalue weighted by Crippen LogP contribution is 2.39. The van der Waals surface area contributed by atoms with Gasteiger partial charge in [-0.2, -0.15) is 0 Å². The third-order valence-corrected chi connectivity index (χ3v) is 12.3. The number of nitrogens with zero attached hydrogens (tertiary/aromatic N) is 5. The highest BCUT2D eigenvalue weighted by molar-refractivity contribution is 7.25. The van der Waals surface area contributed by atoms with Crippen molar-refractivity contribution in [3.05, 3.63) is 188 Å². The van der Waals surface area contributed by atoms with E-state index in [9.17, 15) is 0 Å². The Bertz CT molecular complexity index is 3490. The lowest BCUT2D eigenvalue weighted by atomic mass is 10.1. The van der Waals surface area contributed by atoms with E-state index in [2.05, 4.69) is 179 Å². The Balaban J connectivity index is 1.02. The number of aromatic nitrogens is 5. The number of benzene rings is 8. The fraction of sp³-hybridized carbons (Fsp3) is 0. The lowest BCUT2D eigenvalue weighted by Gasteiger charge is -2.12. The molecule has 4 aromatic heterocycles. The number of rotatable bonds is 5. The second-order valence-electron chi connectivity index (χ2n) is 14.5. The minimum absolute atomic E-state index is 0.631. The van der Waals surface area contributed by atoms with Crippen molar-refractivity contribution in [2.45, 2.75) is 0 Å². The molecule has 0 unspecified atom stereocenters. The highest BCUT2D eigenvalue weighted by Gasteiger charge is 2.18. The molecule has 0 aliphatic heterocycles. The van der Waals surface area contributed by atoms with Crippen molar-refractivity contribution < 1.29 is 0 Å². The zero-order valence-electron chi connectivity index (χ0n) is 30.5. The van der Waals surface area contributed by atoms with Crippen LogP contribution >= 0.6 is 11.3 Å². The third kappa shape index (κ3) is 5.04. The molecule has 6 heteroatoms. The van der Waals surface area contributed by atoms with Crippen molar-refractivity contribution in [3.63, 3.8) is 0 Å². The predicted octanol–water partition coefficient (Wildman–Crippen LogP) is 13.4. The summed E-state index contributed by atoms with van der Waals surface area (Å²) in [5.74, 6) is 1.93. The molecule has 0 N–H and O–H groups in total. The van der Waals surface area contributed by atoms with Crippen molar-refractivity contribution in [2.24, 2.45) is 0 Å². The van der Waals surface area contributed by atoms with E-state index >= 15 is 0 Å². The first kappa shape index (κ1) is 31.9. The van der Waals surface area contributed by atoms with Gasteiger partial charge >= 0.3 is 0 Å². The van der Waals surface area contributed by atoms with Crippen molar-refractivity contribution in [1.29, 1.82) is 0 Å². The van der Waals surface area contributed by atoms with Gasteiger partial charge in [0.25, 0.3) is 0 Å². The molecule has 5 nitrogen and oxygen atoms in total. The average Bonchev–Trinajstić information content (AvgIpc) is 3.94. The van der Waals surface area contributed by atoms with Gasteiger partial charge in [0.15, 0.2) is 17.5 Å². The first-order chi connectivity index (χ1) is 28.2. The maximum Gasteiger partial charge on any atom is 0.164 e. The van der Waals surface area contributed by atoms with Crippen molar-refractivity contribution in [2.75, 3.05) is 0 Å². The minimum atomic E-state index is 0.631. The predicted molar refractivity (Wildman–Crippen MR) is 238 cm³/mol. The molecular formula is C51H31N5S. The van der Waals surface area contributed by atoms with Gasteiger partial charge in [0.05, 0.1) is 22.1 Å². The number of fused-ring (bicyclic) bond motifs is 9. The summed E-state index contributed by atoms with van der Waals surface area (Å²) in [7, 11) is 0. The lowest BCUT2D eigenvalue weighted by molar-refractivity contribution is 1.07. The topological polar surface area (TPSA) is 48.5 Å². The normalized spacial score (nSPS) is 11.9. The molecule has 0 spiro atoms. The van der Waals surface area contributed by atoms with E-state index in [0.717, 1.165) is 39.1 Å². The maximum absolute atomic E-state index is 5.17. The molecule has 266 valence electrons. The summed E-state index contributed by atoms with van der Waals surface area (Å²) >= 11 is 1.80. The van der Waals surface area contributed by atoms with Gasteiger partial charge in [-0.3, -0.25) is 0 Å². The molecule has 4 heterocycles. The first-order valence-electron chi connectivity index (χ1n) is 19.1. The second kappa shape index (κ2) is 12.6. The molecule has 0 atom stereocenters.